The second-order valence-corrected chi connectivity index (χ2v) is 11.2. The van der Waals surface area contributed by atoms with Gasteiger partial charge in [0.2, 0.25) is 0 Å². The lowest BCUT2D eigenvalue weighted by Gasteiger charge is -2.01. The van der Waals surface area contributed by atoms with Gasteiger partial charge >= 0.3 is 0 Å². The molecule has 49 heavy (non-hydrogen) atoms. The number of H-pyrrole nitrogens is 2. The number of fused-ring (bicyclic) bond motifs is 2. The van der Waals surface area contributed by atoms with E-state index in [1.165, 1.54) is 11.1 Å². The van der Waals surface area contributed by atoms with Crippen LogP contribution in [0.1, 0.15) is 11.1 Å². The van der Waals surface area contributed by atoms with Gasteiger partial charge in [0.25, 0.3) is 0 Å². The van der Waals surface area contributed by atoms with E-state index in [4.69, 9.17) is 23.2 Å². The molecule has 0 aliphatic heterocycles. The maximum Gasteiger partial charge on any atom is 0.138 e. The van der Waals surface area contributed by atoms with E-state index >= 15 is 0 Å². The molecule has 0 amide bonds. The van der Waals surface area contributed by atoms with Crippen LogP contribution in [0.3, 0.4) is 0 Å². The topological polar surface area (TPSA) is 124 Å². The predicted molar refractivity (Wildman–Crippen MR) is 208 cm³/mol. The Morgan fingerprint density at radius 2 is 0.918 bits per heavy atom. The molecule has 4 aromatic heterocycles. The Balaban J connectivity index is 0.000000309. The van der Waals surface area contributed by atoms with E-state index in [1.54, 1.807) is 12.4 Å². The molecular formula is C34H32Cl6N8O. The number of halogens is 6. The Kier molecular flexibility index (Phi) is 15.6. The summed E-state index contributed by atoms with van der Waals surface area (Å²) in [6.07, 6.45) is 11.1. The van der Waals surface area contributed by atoms with Crippen molar-refractivity contribution in [2.24, 2.45) is 0 Å². The van der Waals surface area contributed by atoms with Crippen LogP contribution in [0.4, 0.5) is 0 Å². The fourth-order valence-electron chi connectivity index (χ4n) is 4.98. The van der Waals surface area contributed by atoms with E-state index in [2.05, 4.69) is 54.2 Å². The first-order valence-electron chi connectivity index (χ1n) is 14.0. The average Bonchev–Trinajstić information content (AvgIpc) is 3.86. The van der Waals surface area contributed by atoms with Crippen LogP contribution in [0.5, 0.6) is 0 Å². The molecule has 9 nitrogen and oxygen atoms in total. The Labute approximate surface area is 317 Å². The van der Waals surface area contributed by atoms with Crippen molar-refractivity contribution in [1.29, 1.82) is 0 Å². The van der Waals surface area contributed by atoms with Gasteiger partial charge in [-0.15, -0.1) is 49.6 Å². The van der Waals surface area contributed by atoms with Crippen LogP contribution >= 0.6 is 72.8 Å². The van der Waals surface area contributed by atoms with Gasteiger partial charge in [-0.1, -0.05) is 35.3 Å². The lowest BCUT2D eigenvalue weighted by molar-refractivity contribution is 0.798. The summed E-state index contributed by atoms with van der Waals surface area (Å²) in [7, 11) is 0. The van der Waals surface area contributed by atoms with Crippen LogP contribution in [0.15, 0.2) is 122 Å². The number of aromatic amines is 2. The van der Waals surface area contributed by atoms with Crippen molar-refractivity contribution in [3.8, 4) is 22.8 Å². The molecule has 0 saturated heterocycles. The molecule has 0 atom stereocenters. The quantitative estimate of drug-likeness (QED) is 0.175. The van der Waals surface area contributed by atoms with Crippen LogP contribution in [-0.2, 0) is 13.1 Å². The molecule has 8 rings (SSSR count). The number of aromatic nitrogens is 8. The van der Waals surface area contributed by atoms with Crippen LogP contribution in [0.2, 0.25) is 10.0 Å². The van der Waals surface area contributed by atoms with Crippen molar-refractivity contribution in [3.63, 3.8) is 0 Å². The number of imidazole rings is 4. The maximum atomic E-state index is 5.93. The Bertz CT molecular complexity index is 1990. The molecule has 0 radical (unpaired) electrons. The van der Waals surface area contributed by atoms with Crippen LogP contribution in [0.25, 0.3) is 44.8 Å². The third kappa shape index (κ3) is 9.99. The van der Waals surface area contributed by atoms with Crippen LogP contribution in [-0.4, -0.2) is 44.5 Å². The molecule has 0 unspecified atom stereocenters. The van der Waals surface area contributed by atoms with Crippen molar-refractivity contribution in [1.82, 2.24) is 39.0 Å². The fraction of sp³-hybridized carbons (Fsp3) is 0.0588. The molecular weight excluding hydrogens is 749 g/mol. The zero-order valence-corrected chi connectivity index (χ0v) is 30.3. The predicted octanol–water partition coefficient (Wildman–Crippen LogP) is 9.12. The van der Waals surface area contributed by atoms with Gasteiger partial charge in [-0.05, 0) is 83.9 Å². The minimum absolute atomic E-state index is 0. The summed E-state index contributed by atoms with van der Waals surface area (Å²) in [4.78, 5) is 24.1. The number of nitrogens with zero attached hydrogens (tertiary/aromatic N) is 6. The maximum absolute atomic E-state index is 5.93. The monoisotopic (exact) mass is 778 g/mol. The molecule has 0 fully saturated rings. The van der Waals surface area contributed by atoms with E-state index in [9.17, 15) is 0 Å². The van der Waals surface area contributed by atoms with Crippen LogP contribution < -0.4 is 0 Å². The lowest BCUT2D eigenvalue weighted by Crippen LogP contribution is -1.95. The van der Waals surface area contributed by atoms with Gasteiger partial charge < -0.3 is 24.6 Å². The molecule has 4 N–H and O–H groups in total. The molecule has 0 aliphatic rings. The number of hydrogen-bond donors (Lipinski definition) is 2. The minimum atomic E-state index is 0. The zero-order valence-electron chi connectivity index (χ0n) is 25.5. The highest BCUT2D eigenvalue weighted by atomic mass is 35.5. The second-order valence-electron chi connectivity index (χ2n) is 10.4. The van der Waals surface area contributed by atoms with Crippen molar-refractivity contribution < 1.29 is 5.48 Å². The van der Waals surface area contributed by atoms with Crippen molar-refractivity contribution in [2.45, 2.75) is 13.1 Å². The highest BCUT2D eigenvalue weighted by Crippen LogP contribution is 2.24. The highest BCUT2D eigenvalue weighted by molar-refractivity contribution is 6.30. The normalized spacial score (nSPS) is 10.0. The van der Waals surface area contributed by atoms with Gasteiger partial charge in [-0.25, -0.2) is 19.9 Å². The van der Waals surface area contributed by atoms with Crippen molar-refractivity contribution in [2.75, 3.05) is 0 Å². The van der Waals surface area contributed by atoms with E-state index in [0.717, 1.165) is 68.0 Å². The second kappa shape index (κ2) is 18.6. The number of rotatable bonds is 6. The molecule has 4 heterocycles. The fourth-order valence-corrected chi connectivity index (χ4v) is 5.23. The Morgan fingerprint density at radius 1 is 0.531 bits per heavy atom. The SMILES string of the molecule is Cl.Cl.Cl.Cl.Clc1ccc(-c2nc3ccc(Cn4ccnc4)cc3[nH]2)cc1.Clc1ccc(-c2nc3ccc(Cn4ccnc4)cc3[nH]2)cc1.O. The third-order valence-electron chi connectivity index (χ3n) is 7.18. The first kappa shape index (κ1) is 41.1. The van der Waals surface area contributed by atoms with E-state index in [0.29, 0.717) is 0 Å². The van der Waals surface area contributed by atoms with Gasteiger partial charge in [0.15, 0.2) is 0 Å². The summed E-state index contributed by atoms with van der Waals surface area (Å²) in [6.45, 7) is 1.59. The number of benzene rings is 4. The summed E-state index contributed by atoms with van der Waals surface area (Å²) in [5.74, 6) is 1.71. The molecule has 4 aromatic carbocycles. The van der Waals surface area contributed by atoms with Gasteiger partial charge in [0.05, 0.1) is 34.7 Å². The van der Waals surface area contributed by atoms with E-state index < -0.39 is 0 Å². The summed E-state index contributed by atoms with van der Waals surface area (Å²) in [5.41, 5.74) is 8.44. The van der Waals surface area contributed by atoms with Gasteiger partial charge in [0, 0.05) is 59.0 Å². The molecule has 15 heteroatoms. The molecule has 8 aromatic rings. The molecule has 0 saturated carbocycles. The summed E-state index contributed by atoms with van der Waals surface area (Å²) in [5, 5.41) is 1.45. The molecule has 0 aliphatic carbocycles. The number of hydrogen-bond acceptors (Lipinski definition) is 4. The summed E-state index contributed by atoms with van der Waals surface area (Å²) in [6, 6.07) is 27.9. The minimum Gasteiger partial charge on any atom is -0.412 e. The average molecular weight is 781 g/mol. The first-order chi connectivity index (χ1) is 21.6. The summed E-state index contributed by atoms with van der Waals surface area (Å²) >= 11 is 11.9. The number of nitrogens with one attached hydrogen (secondary N) is 2. The standard InChI is InChI=1S/2C17H13ClN4.4ClH.H2O/c2*18-14-4-2-13(3-5-14)17-20-15-6-1-12(9-16(15)21-17)10-22-8-7-19-11-22;;;;;/h2*1-9,11H,10H2,(H,20,21);4*1H;1H2. The van der Waals surface area contributed by atoms with Crippen molar-refractivity contribution in [3.05, 3.63) is 144 Å². The first-order valence-corrected chi connectivity index (χ1v) is 14.7. The smallest absolute Gasteiger partial charge is 0.138 e. The Morgan fingerprint density at radius 3 is 1.27 bits per heavy atom. The van der Waals surface area contributed by atoms with E-state index in [-0.39, 0.29) is 55.1 Å². The largest absolute Gasteiger partial charge is 0.412 e. The Hall–Kier alpha value is -4.06. The van der Waals surface area contributed by atoms with Crippen LogP contribution in [0, 0.1) is 0 Å². The van der Waals surface area contributed by atoms with E-state index in [1.807, 2.05) is 94.8 Å². The highest BCUT2D eigenvalue weighted by Gasteiger charge is 2.08. The van der Waals surface area contributed by atoms with Gasteiger partial charge in [-0.3, -0.25) is 0 Å². The van der Waals surface area contributed by atoms with Gasteiger partial charge in [-0.2, -0.15) is 0 Å². The lowest BCUT2D eigenvalue weighted by atomic mass is 10.2. The molecule has 256 valence electrons. The van der Waals surface area contributed by atoms with Crippen molar-refractivity contribution >= 4 is 94.9 Å². The zero-order chi connectivity index (χ0) is 29.9. The third-order valence-corrected chi connectivity index (χ3v) is 7.68. The molecule has 0 bridgehead atoms. The summed E-state index contributed by atoms with van der Waals surface area (Å²) < 4.78 is 4.08. The van der Waals surface area contributed by atoms with Gasteiger partial charge in [0.1, 0.15) is 11.6 Å². The molecule has 0 spiro atoms.